The number of benzene rings is 1. The fourth-order valence-electron chi connectivity index (χ4n) is 3.16. The van der Waals surface area contributed by atoms with E-state index in [1.54, 1.807) is 6.92 Å². The van der Waals surface area contributed by atoms with E-state index in [0.29, 0.717) is 11.3 Å². The summed E-state index contributed by atoms with van der Waals surface area (Å²) >= 11 is 0. The lowest BCUT2D eigenvalue weighted by atomic mass is 10.1. The number of nitro groups is 1. The maximum Gasteiger partial charge on any atom is 0.416 e. The quantitative estimate of drug-likeness (QED) is 0.314. The number of carbonyl (C=O) groups is 1. The minimum absolute atomic E-state index is 0.00777. The van der Waals surface area contributed by atoms with Crippen LogP contribution in [0.25, 0.3) is 0 Å². The Balaban J connectivity index is 1.73. The number of alkyl halides is 5. The number of halogens is 5. The second-order valence-electron chi connectivity index (χ2n) is 7.11. The highest BCUT2D eigenvalue weighted by molar-refractivity contribution is 5.89. The van der Waals surface area contributed by atoms with Crippen molar-refractivity contribution >= 4 is 17.4 Å². The number of hydrogen-bond acceptors (Lipinski definition) is 5. The molecule has 0 aliphatic carbocycles. The molecule has 3 rings (SSSR count). The van der Waals surface area contributed by atoms with E-state index < -0.39 is 46.9 Å². The van der Waals surface area contributed by atoms with Crippen molar-refractivity contribution in [2.45, 2.75) is 39.5 Å². The van der Waals surface area contributed by atoms with Crippen molar-refractivity contribution in [2.75, 3.05) is 5.32 Å². The van der Waals surface area contributed by atoms with Crippen LogP contribution in [0.4, 0.5) is 33.5 Å². The van der Waals surface area contributed by atoms with Crippen LogP contribution >= 0.6 is 0 Å². The van der Waals surface area contributed by atoms with Crippen molar-refractivity contribution < 1.29 is 31.7 Å². The number of aromatic nitrogens is 4. The molecule has 3 aromatic rings. The molecule has 1 aromatic carbocycles. The summed E-state index contributed by atoms with van der Waals surface area (Å²) in [7, 11) is 0. The van der Waals surface area contributed by atoms with E-state index in [1.807, 2.05) is 0 Å². The Hall–Kier alpha value is -3.84. The number of nitrogens with one attached hydrogen (secondary N) is 1. The third-order valence-corrected chi connectivity index (χ3v) is 4.72. The van der Waals surface area contributed by atoms with Crippen molar-refractivity contribution in [3.8, 4) is 0 Å². The topological polar surface area (TPSA) is 108 Å². The summed E-state index contributed by atoms with van der Waals surface area (Å²) in [6.45, 7) is 2.25. The molecule has 0 aliphatic rings. The van der Waals surface area contributed by atoms with Gasteiger partial charge in [0.1, 0.15) is 12.2 Å². The summed E-state index contributed by atoms with van der Waals surface area (Å²) in [5.74, 6) is -0.669. The number of rotatable bonds is 7. The Morgan fingerprint density at radius 2 is 1.88 bits per heavy atom. The van der Waals surface area contributed by atoms with Crippen molar-refractivity contribution in [3.05, 3.63) is 68.7 Å². The van der Waals surface area contributed by atoms with E-state index in [0.717, 1.165) is 16.8 Å². The second-order valence-corrected chi connectivity index (χ2v) is 7.11. The predicted octanol–water partition coefficient (Wildman–Crippen LogP) is 4.25. The number of nitrogens with zero attached hydrogens (tertiary/aromatic N) is 5. The average molecular weight is 472 g/mol. The fourth-order valence-corrected chi connectivity index (χ4v) is 3.16. The van der Waals surface area contributed by atoms with Gasteiger partial charge in [0, 0.05) is 11.8 Å². The number of aryl methyl sites for hydroxylation is 1. The van der Waals surface area contributed by atoms with Crippen molar-refractivity contribution in [3.63, 3.8) is 0 Å². The molecule has 1 amide bonds. The van der Waals surface area contributed by atoms with Crippen LogP contribution in [-0.2, 0) is 24.1 Å². The van der Waals surface area contributed by atoms with Gasteiger partial charge in [0.25, 0.3) is 6.43 Å². The number of hydrogen-bond donors (Lipinski definition) is 1. The molecule has 0 radical (unpaired) electrons. The molecule has 33 heavy (non-hydrogen) atoms. The summed E-state index contributed by atoms with van der Waals surface area (Å²) in [4.78, 5) is 22.4. The van der Waals surface area contributed by atoms with Crippen LogP contribution in [-0.4, -0.2) is 30.4 Å². The first-order valence-electron chi connectivity index (χ1n) is 9.37. The van der Waals surface area contributed by atoms with E-state index >= 15 is 0 Å². The third kappa shape index (κ3) is 5.32. The standard InChI is InChI=1S/C19H17F5N6O3/c1-10-6-14(26-28(10)8-12-4-3-5-13(7-12)19(22,23)24)25-15(31)9-29-11(2)17(30(32)33)16(27-29)18(20)21/h3-7,18H,8-9H2,1-2H3,(H,25,26,31). The summed E-state index contributed by atoms with van der Waals surface area (Å²) in [5.41, 5.74) is -2.03. The van der Waals surface area contributed by atoms with Gasteiger partial charge in [-0.1, -0.05) is 12.1 Å². The Morgan fingerprint density at radius 1 is 1.18 bits per heavy atom. The molecule has 0 spiro atoms. The molecule has 2 heterocycles. The number of anilines is 1. The van der Waals surface area contributed by atoms with E-state index in [4.69, 9.17) is 0 Å². The lowest BCUT2D eigenvalue weighted by Crippen LogP contribution is -2.21. The summed E-state index contributed by atoms with van der Waals surface area (Å²) in [5, 5.41) is 21.1. The Labute approximate surface area is 183 Å². The second kappa shape index (κ2) is 8.96. The zero-order valence-electron chi connectivity index (χ0n) is 17.2. The van der Waals surface area contributed by atoms with E-state index in [9.17, 15) is 36.9 Å². The maximum atomic E-state index is 13.0. The highest BCUT2D eigenvalue weighted by Crippen LogP contribution is 2.31. The van der Waals surface area contributed by atoms with E-state index in [2.05, 4.69) is 15.5 Å². The smallest absolute Gasteiger partial charge is 0.308 e. The molecule has 0 saturated heterocycles. The molecule has 176 valence electrons. The zero-order chi connectivity index (χ0) is 24.5. The zero-order valence-corrected chi connectivity index (χ0v) is 17.2. The van der Waals surface area contributed by atoms with Crippen LogP contribution < -0.4 is 5.32 Å². The molecule has 0 atom stereocenters. The SMILES string of the molecule is Cc1cc(NC(=O)Cn2nc(C(F)F)c([N+](=O)[O-])c2C)nn1Cc1cccc(C(F)(F)F)c1. The van der Waals surface area contributed by atoms with Gasteiger partial charge in [0.2, 0.25) is 11.6 Å². The first-order valence-corrected chi connectivity index (χ1v) is 9.37. The molecule has 14 heteroatoms. The number of carbonyl (C=O) groups excluding carboxylic acids is 1. The monoisotopic (exact) mass is 472 g/mol. The summed E-state index contributed by atoms with van der Waals surface area (Å²) in [6.07, 6.45) is -7.68. The minimum atomic E-state index is -4.49. The summed E-state index contributed by atoms with van der Waals surface area (Å²) < 4.78 is 66.9. The molecule has 0 aliphatic heterocycles. The van der Waals surface area contributed by atoms with Crippen LogP contribution in [0.5, 0.6) is 0 Å². The van der Waals surface area contributed by atoms with Crippen molar-refractivity contribution in [2.24, 2.45) is 0 Å². The Morgan fingerprint density at radius 3 is 2.45 bits per heavy atom. The van der Waals surface area contributed by atoms with Crippen LogP contribution in [0.15, 0.2) is 30.3 Å². The molecule has 0 unspecified atom stereocenters. The average Bonchev–Trinajstić information content (AvgIpc) is 3.21. The molecule has 0 bridgehead atoms. The van der Waals surface area contributed by atoms with Gasteiger partial charge in [-0.15, -0.1) is 0 Å². The fraction of sp³-hybridized carbons (Fsp3) is 0.316. The van der Waals surface area contributed by atoms with Crippen molar-refractivity contribution in [1.29, 1.82) is 0 Å². The minimum Gasteiger partial charge on any atom is -0.308 e. The summed E-state index contributed by atoms with van der Waals surface area (Å²) in [6, 6.07) is 6.19. The Kier molecular flexibility index (Phi) is 6.46. The van der Waals surface area contributed by atoms with Crippen LogP contribution in [0.3, 0.4) is 0 Å². The largest absolute Gasteiger partial charge is 0.416 e. The Bertz CT molecular complexity index is 1200. The van der Waals surface area contributed by atoms with Gasteiger partial charge < -0.3 is 5.32 Å². The highest BCUT2D eigenvalue weighted by Gasteiger charge is 2.32. The first kappa shape index (κ1) is 23.8. The molecule has 1 N–H and O–H groups in total. The van der Waals surface area contributed by atoms with Gasteiger partial charge in [-0.25, -0.2) is 8.78 Å². The van der Waals surface area contributed by atoms with E-state index in [-0.39, 0.29) is 18.1 Å². The van der Waals surface area contributed by atoms with Gasteiger partial charge in [-0.2, -0.15) is 23.4 Å². The lowest BCUT2D eigenvalue weighted by molar-refractivity contribution is -0.386. The van der Waals surface area contributed by atoms with Gasteiger partial charge in [-0.05, 0) is 31.5 Å². The number of amides is 1. The van der Waals surface area contributed by atoms with Crippen LogP contribution in [0, 0.1) is 24.0 Å². The van der Waals surface area contributed by atoms with Gasteiger partial charge in [0.15, 0.2) is 5.82 Å². The maximum absolute atomic E-state index is 13.0. The molecule has 0 saturated carbocycles. The van der Waals surface area contributed by atoms with Crippen molar-refractivity contribution in [1.82, 2.24) is 19.6 Å². The van der Waals surface area contributed by atoms with E-state index in [1.165, 1.54) is 29.8 Å². The predicted molar refractivity (Wildman–Crippen MR) is 105 cm³/mol. The molecular formula is C19H17F5N6O3. The molecule has 0 fully saturated rings. The van der Waals surface area contributed by atoms with Gasteiger partial charge >= 0.3 is 11.9 Å². The third-order valence-electron chi connectivity index (χ3n) is 4.72. The normalized spacial score (nSPS) is 11.8. The molecule has 9 nitrogen and oxygen atoms in total. The van der Waals surface area contributed by atoms with Crippen LogP contribution in [0.1, 0.15) is 34.6 Å². The van der Waals surface area contributed by atoms with Gasteiger partial charge in [0.05, 0.1) is 17.0 Å². The van der Waals surface area contributed by atoms with Crippen LogP contribution in [0.2, 0.25) is 0 Å². The highest BCUT2D eigenvalue weighted by atomic mass is 19.4. The first-order chi connectivity index (χ1) is 15.4. The lowest BCUT2D eigenvalue weighted by Gasteiger charge is -2.09. The molecular weight excluding hydrogens is 455 g/mol. The molecule has 2 aromatic heterocycles. The van der Waals surface area contributed by atoms with Gasteiger partial charge in [-0.3, -0.25) is 24.3 Å².